The first-order chi connectivity index (χ1) is 14.5. The van der Waals surface area contributed by atoms with Gasteiger partial charge in [-0.3, -0.25) is 4.79 Å². The summed E-state index contributed by atoms with van der Waals surface area (Å²) in [6.45, 7) is 0. The van der Waals surface area contributed by atoms with Gasteiger partial charge >= 0.3 is 11.9 Å². The first kappa shape index (κ1) is 20.9. The molecule has 1 amide bonds. The average Bonchev–Trinajstić information content (AvgIpc) is 3.20. The summed E-state index contributed by atoms with van der Waals surface area (Å²) in [7, 11) is 2.43. The van der Waals surface area contributed by atoms with Crippen molar-refractivity contribution in [2.45, 2.75) is 0 Å². The number of rotatable bonds is 5. The van der Waals surface area contributed by atoms with Crippen LogP contribution in [0.4, 0.5) is 11.4 Å². The van der Waals surface area contributed by atoms with Crippen LogP contribution in [0.25, 0.3) is 0 Å². The Morgan fingerprint density at radius 2 is 1.83 bits per heavy atom. The van der Waals surface area contributed by atoms with Crippen LogP contribution in [0.1, 0.15) is 10.6 Å². The number of carbonyl (C=O) groups excluding carboxylic acids is 3. The Hall–Kier alpha value is -3.78. The number of allylic oxidation sites excluding steroid dienone is 2. The summed E-state index contributed by atoms with van der Waals surface area (Å²) in [5.41, 5.74) is 0.770. The van der Waals surface area contributed by atoms with Crippen LogP contribution in [0.2, 0.25) is 5.02 Å². The zero-order chi connectivity index (χ0) is 21.7. The maximum absolute atomic E-state index is 12.5. The number of furan rings is 1. The number of anilines is 2. The van der Waals surface area contributed by atoms with E-state index in [2.05, 4.69) is 5.32 Å². The molecule has 0 radical (unpaired) electrons. The lowest BCUT2D eigenvalue weighted by Gasteiger charge is -2.23. The molecule has 0 bridgehead atoms. The van der Waals surface area contributed by atoms with Crippen LogP contribution in [0, 0.1) is 0 Å². The van der Waals surface area contributed by atoms with Crippen LogP contribution in [0.3, 0.4) is 0 Å². The molecule has 1 aliphatic rings. The van der Waals surface area contributed by atoms with Crippen LogP contribution in [0.15, 0.2) is 76.7 Å². The molecule has 0 atom stereocenters. The van der Waals surface area contributed by atoms with Gasteiger partial charge in [-0.15, -0.1) is 0 Å². The molecule has 1 aliphatic heterocycles. The third kappa shape index (κ3) is 4.28. The fourth-order valence-corrected chi connectivity index (χ4v) is 2.93. The van der Waals surface area contributed by atoms with Crippen LogP contribution in [-0.4, -0.2) is 32.1 Å². The van der Waals surface area contributed by atoms with E-state index in [0.29, 0.717) is 11.4 Å². The largest absolute Gasteiger partial charge is 0.465 e. The number of esters is 2. The van der Waals surface area contributed by atoms with Gasteiger partial charge in [0.05, 0.1) is 36.8 Å². The first-order valence-corrected chi connectivity index (χ1v) is 9.03. The van der Waals surface area contributed by atoms with Crippen LogP contribution in [0.5, 0.6) is 0 Å². The summed E-state index contributed by atoms with van der Waals surface area (Å²) >= 11 is 6.35. The van der Waals surface area contributed by atoms with Gasteiger partial charge < -0.3 is 24.1 Å². The van der Waals surface area contributed by atoms with Crippen LogP contribution in [-0.2, 0) is 19.1 Å². The number of nitrogens with one attached hydrogen (secondary N) is 1. The Labute approximate surface area is 177 Å². The summed E-state index contributed by atoms with van der Waals surface area (Å²) in [5, 5.41) is 2.86. The fraction of sp³-hybridized carbons (Fsp3) is 0.0952. The molecule has 9 heteroatoms. The molecule has 0 spiro atoms. The lowest BCUT2D eigenvalue weighted by Crippen LogP contribution is -2.27. The van der Waals surface area contributed by atoms with Gasteiger partial charge in [-0.05, 0) is 42.5 Å². The quantitative estimate of drug-likeness (QED) is 0.725. The third-order valence-electron chi connectivity index (χ3n) is 4.11. The van der Waals surface area contributed by atoms with Gasteiger partial charge in [0, 0.05) is 11.9 Å². The van der Waals surface area contributed by atoms with Gasteiger partial charge in [-0.1, -0.05) is 17.7 Å². The van der Waals surface area contributed by atoms with E-state index >= 15 is 0 Å². The Bertz CT molecular complexity index is 1070. The molecule has 154 valence electrons. The molecular formula is C21H17ClN2O6. The van der Waals surface area contributed by atoms with Crippen LogP contribution < -0.4 is 10.2 Å². The third-order valence-corrected chi connectivity index (χ3v) is 4.43. The average molecular weight is 429 g/mol. The van der Waals surface area contributed by atoms with E-state index in [1.54, 1.807) is 36.6 Å². The molecule has 2 heterocycles. The molecule has 1 aromatic heterocycles. The second-order valence-electron chi connectivity index (χ2n) is 5.91. The molecule has 0 saturated heterocycles. The van der Waals surface area contributed by atoms with Crippen molar-refractivity contribution in [3.8, 4) is 0 Å². The zero-order valence-corrected chi connectivity index (χ0v) is 16.8. The second-order valence-corrected chi connectivity index (χ2v) is 6.32. The molecular weight excluding hydrogens is 412 g/mol. The lowest BCUT2D eigenvalue weighted by molar-refractivity contribution is -0.139. The summed E-state index contributed by atoms with van der Waals surface area (Å²) in [4.78, 5) is 38.3. The van der Waals surface area contributed by atoms with E-state index in [9.17, 15) is 14.4 Å². The molecule has 2 aromatic rings. The molecule has 1 aromatic carbocycles. The minimum Gasteiger partial charge on any atom is -0.465 e. The molecule has 0 unspecified atom stereocenters. The predicted molar refractivity (Wildman–Crippen MR) is 110 cm³/mol. The number of halogens is 1. The van der Waals surface area contributed by atoms with Crippen molar-refractivity contribution < 1.29 is 28.3 Å². The molecule has 0 fully saturated rings. The normalized spacial score (nSPS) is 13.1. The topological polar surface area (TPSA) is 98.1 Å². The number of hydrogen-bond donors (Lipinski definition) is 1. The van der Waals surface area contributed by atoms with E-state index in [4.69, 9.17) is 25.5 Å². The van der Waals surface area contributed by atoms with Crippen molar-refractivity contribution in [1.82, 2.24) is 0 Å². The number of benzene rings is 1. The molecule has 0 saturated carbocycles. The van der Waals surface area contributed by atoms with E-state index < -0.39 is 17.8 Å². The number of amides is 1. The highest BCUT2D eigenvalue weighted by atomic mass is 35.5. The highest BCUT2D eigenvalue weighted by molar-refractivity contribution is 6.34. The van der Waals surface area contributed by atoms with Crippen LogP contribution >= 0.6 is 11.6 Å². The number of ether oxygens (including phenoxy) is 2. The van der Waals surface area contributed by atoms with Crippen molar-refractivity contribution in [3.05, 3.63) is 83.1 Å². The maximum atomic E-state index is 12.5. The Balaban J connectivity index is 1.98. The molecule has 0 aliphatic carbocycles. The molecule has 1 N–H and O–H groups in total. The minimum atomic E-state index is -0.738. The highest BCUT2D eigenvalue weighted by Crippen LogP contribution is 2.32. The predicted octanol–water partition coefficient (Wildman–Crippen LogP) is 3.68. The molecule has 8 nitrogen and oxygen atoms in total. The summed E-state index contributed by atoms with van der Waals surface area (Å²) in [6, 6.07) is 7.84. The molecule has 3 rings (SSSR count). The first-order valence-electron chi connectivity index (χ1n) is 8.65. The SMILES string of the molecule is COC(=O)C1=C(C(=O)OC)N(c2ccc(NC(=O)c3ccco3)c(Cl)c2)C=CC=C1. The standard InChI is InChI=1S/C21H17ClN2O6/c1-28-20(26)14-6-3-4-10-24(18(14)21(27)29-2)13-8-9-16(15(22)12-13)23-19(25)17-7-5-11-30-17/h3-12H,1-2H3,(H,23,25). The summed E-state index contributed by atoms with van der Waals surface area (Å²) in [5.74, 6) is -1.77. The molecule has 30 heavy (non-hydrogen) atoms. The number of methoxy groups -OCH3 is 2. The van der Waals surface area contributed by atoms with E-state index in [-0.39, 0.29) is 22.1 Å². The Kier molecular flexibility index (Phi) is 6.38. The minimum absolute atomic E-state index is 0.0145. The van der Waals surface area contributed by atoms with Gasteiger partial charge in [0.1, 0.15) is 5.70 Å². The van der Waals surface area contributed by atoms with Gasteiger partial charge in [0.25, 0.3) is 5.91 Å². The van der Waals surface area contributed by atoms with Crippen molar-refractivity contribution in [2.24, 2.45) is 0 Å². The number of nitrogens with zero attached hydrogens (tertiary/aromatic N) is 1. The van der Waals surface area contributed by atoms with Gasteiger partial charge in [0.2, 0.25) is 0 Å². The Morgan fingerprint density at radius 3 is 2.47 bits per heavy atom. The van der Waals surface area contributed by atoms with Crippen molar-refractivity contribution >= 4 is 40.8 Å². The second kappa shape index (κ2) is 9.15. The van der Waals surface area contributed by atoms with Gasteiger partial charge in [0.15, 0.2) is 5.76 Å². The fourth-order valence-electron chi connectivity index (χ4n) is 2.71. The van der Waals surface area contributed by atoms with E-state index in [0.717, 1.165) is 0 Å². The highest BCUT2D eigenvalue weighted by Gasteiger charge is 2.27. The van der Waals surface area contributed by atoms with Crippen molar-refractivity contribution in [3.63, 3.8) is 0 Å². The van der Waals surface area contributed by atoms with E-state index in [1.807, 2.05) is 0 Å². The monoisotopic (exact) mass is 428 g/mol. The maximum Gasteiger partial charge on any atom is 0.355 e. The number of carbonyl (C=O) groups is 3. The lowest BCUT2D eigenvalue weighted by atomic mass is 10.1. The van der Waals surface area contributed by atoms with Crippen molar-refractivity contribution in [2.75, 3.05) is 24.4 Å². The van der Waals surface area contributed by atoms with Gasteiger partial charge in [-0.25, -0.2) is 9.59 Å². The van der Waals surface area contributed by atoms with E-state index in [1.165, 1.54) is 43.6 Å². The summed E-state index contributed by atoms with van der Waals surface area (Å²) < 4.78 is 14.7. The Morgan fingerprint density at radius 1 is 1.07 bits per heavy atom. The smallest absolute Gasteiger partial charge is 0.355 e. The number of hydrogen-bond acceptors (Lipinski definition) is 7. The zero-order valence-electron chi connectivity index (χ0n) is 16.0. The summed E-state index contributed by atoms with van der Waals surface area (Å²) in [6.07, 6.45) is 7.65. The van der Waals surface area contributed by atoms with Gasteiger partial charge in [-0.2, -0.15) is 0 Å². The van der Waals surface area contributed by atoms with Crippen molar-refractivity contribution in [1.29, 1.82) is 0 Å².